The summed E-state index contributed by atoms with van der Waals surface area (Å²) in [5, 5.41) is 17.4. The van der Waals surface area contributed by atoms with E-state index < -0.39 is 0 Å². The highest BCUT2D eigenvalue weighted by molar-refractivity contribution is 5.29. The van der Waals surface area contributed by atoms with Crippen LogP contribution < -0.4 is 4.90 Å². The molecule has 20 heavy (non-hydrogen) atoms. The summed E-state index contributed by atoms with van der Waals surface area (Å²) in [5.41, 5.74) is 0. The molecule has 106 valence electrons. The van der Waals surface area contributed by atoms with Crippen molar-refractivity contribution in [3.8, 4) is 0 Å². The van der Waals surface area contributed by atoms with Crippen LogP contribution in [0.25, 0.3) is 0 Å². The monoisotopic (exact) mass is 274 g/mol. The minimum atomic E-state index is -0.0692. The topological polar surface area (TPSA) is 80.0 Å². The van der Waals surface area contributed by atoms with Crippen molar-refractivity contribution in [3.05, 3.63) is 30.1 Å². The lowest BCUT2D eigenvalue weighted by Crippen LogP contribution is -2.34. The number of anilines is 1. The second-order valence-electron chi connectivity index (χ2n) is 5.00. The first kappa shape index (κ1) is 13.0. The number of aliphatic hydroxyl groups is 1. The summed E-state index contributed by atoms with van der Waals surface area (Å²) in [5.74, 6) is 2.75. The van der Waals surface area contributed by atoms with Gasteiger partial charge in [-0.15, -0.1) is 10.2 Å². The number of hydrogen-bond acceptors (Lipinski definition) is 6. The summed E-state index contributed by atoms with van der Waals surface area (Å²) < 4.78 is 1.90. The second kappa shape index (κ2) is 5.54. The molecule has 7 heteroatoms. The molecule has 0 unspecified atom stereocenters. The van der Waals surface area contributed by atoms with E-state index in [4.69, 9.17) is 0 Å². The van der Waals surface area contributed by atoms with Crippen LogP contribution in [0.4, 0.5) is 5.95 Å². The van der Waals surface area contributed by atoms with E-state index in [1.165, 1.54) is 0 Å². The Morgan fingerprint density at radius 2 is 1.90 bits per heavy atom. The number of piperidine rings is 1. The lowest BCUT2D eigenvalue weighted by molar-refractivity contribution is 0.266. The van der Waals surface area contributed by atoms with E-state index in [-0.39, 0.29) is 6.61 Å². The van der Waals surface area contributed by atoms with Gasteiger partial charge >= 0.3 is 0 Å². The third-order valence-corrected chi connectivity index (χ3v) is 3.84. The molecule has 0 saturated carbocycles. The molecule has 1 N–H and O–H groups in total. The van der Waals surface area contributed by atoms with E-state index in [1.807, 2.05) is 17.7 Å². The van der Waals surface area contributed by atoms with E-state index in [0.29, 0.717) is 11.7 Å². The predicted molar refractivity (Wildman–Crippen MR) is 73.1 cm³/mol. The largest absolute Gasteiger partial charge is 0.388 e. The maximum absolute atomic E-state index is 9.17. The van der Waals surface area contributed by atoms with Gasteiger partial charge in [0.2, 0.25) is 5.95 Å². The van der Waals surface area contributed by atoms with Crippen LogP contribution in [0.15, 0.2) is 18.5 Å². The lowest BCUT2D eigenvalue weighted by atomic mass is 9.96. The van der Waals surface area contributed by atoms with Gasteiger partial charge in [0, 0.05) is 38.4 Å². The summed E-state index contributed by atoms with van der Waals surface area (Å²) in [6.07, 6.45) is 5.53. The molecule has 3 rings (SSSR count). The SMILES string of the molecule is Cn1c(CO)nnc1C1CCN(c2ncccn2)CC1. The van der Waals surface area contributed by atoms with Gasteiger partial charge in [0.15, 0.2) is 5.82 Å². The molecule has 0 bridgehead atoms. The highest BCUT2D eigenvalue weighted by Gasteiger charge is 2.25. The number of aromatic nitrogens is 5. The third-order valence-electron chi connectivity index (χ3n) is 3.84. The van der Waals surface area contributed by atoms with Crippen molar-refractivity contribution in [2.45, 2.75) is 25.4 Å². The molecule has 0 aliphatic carbocycles. The van der Waals surface area contributed by atoms with Crippen molar-refractivity contribution in [1.82, 2.24) is 24.7 Å². The minimum Gasteiger partial charge on any atom is -0.388 e. The minimum absolute atomic E-state index is 0.0692. The summed E-state index contributed by atoms with van der Waals surface area (Å²) in [4.78, 5) is 10.8. The Labute approximate surface area is 117 Å². The van der Waals surface area contributed by atoms with E-state index in [9.17, 15) is 5.11 Å². The predicted octanol–water partition coefficient (Wildman–Crippen LogP) is 0.481. The molecule has 3 heterocycles. The number of hydrogen-bond donors (Lipinski definition) is 1. The summed E-state index contributed by atoms with van der Waals surface area (Å²) in [7, 11) is 1.91. The van der Waals surface area contributed by atoms with E-state index in [2.05, 4.69) is 25.1 Å². The van der Waals surface area contributed by atoms with Gasteiger partial charge in [0.05, 0.1) is 0 Å². The normalized spacial score (nSPS) is 16.6. The zero-order chi connectivity index (χ0) is 13.9. The smallest absolute Gasteiger partial charge is 0.225 e. The Bertz CT molecular complexity index is 561. The second-order valence-corrected chi connectivity index (χ2v) is 5.00. The fraction of sp³-hybridized carbons (Fsp3) is 0.538. The van der Waals surface area contributed by atoms with Crippen LogP contribution in [0, 0.1) is 0 Å². The lowest BCUT2D eigenvalue weighted by Gasteiger charge is -2.31. The molecule has 7 nitrogen and oxygen atoms in total. The van der Waals surface area contributed by atoms with Crippen molar-refractivity contribution < 1.29 is 5.11 Å². The van der Waals surface area contributed by atoms with Gasteiger partial charge in [-0.25, -0.2) is 9.97 Å². The number of nitrogens with zero attached hydrogens (tertiary/aromatic N) is 6. The molecule has 0 radical (unpaired) electrons. The van der Waals surface area contributed by atoms with Crippen molar-refractivity contribution in [1.29, 1.82) is 0 Å². The van der Waals surface area contributed by atoms with Gasteiger partial charge in [0.25, 0.3) is 0 Å². The average molecular weight is 274 g/mol. The molecule has 0 amide bonds. The Balaban J connectivity index is 1.68. The Morgan fingerprint density at radius 3 is 2.50 bits per heavy atom. The third kappa shape index (κ3) is 2.36. The van der Waals surface area contributed by atoms with Crippen LogP contribution in [-0.4, -0.2) is 42.9 Å². The summed E-state index contributed by atoms with van der Waals surface area (Å²) in [6, 6.07) is 1.83. The summed E-state index contributed by atoms with van der Waals surface area (Å²) in [6.45, 7) is 1.76. The first-order valence-electron chi connectivity index (χ1n) is 6.80. The molecule has 1 aliphatic heterocycles. The molecule has 1 fully saturated rings. The van der Waals surface area contributed by atoms with Crippen LogP contribution in [0.3, 0.4) is 0 Å². The Morgan fingerprint density at radius 1 is 1.20 bits per heavy atom. The maximum atomic E-state index is 9.17. The number of rotatable bonds is 3. The molecule has 0 spiro atoms. The van der Waals surface area contributed by atoms with Gasteiger partial charge in [0.1, 0.15) is 12.4 Å². The van der Waals surface area contributed by atoms with Gasteiger partial charge in [-0.3, -0.25) is 0 Å². The van der Waals surface area contributed by atoms with Gasteiger partial charge in [-0.05, 0) is 18.9 Å². The average Bonchev–Trinajstić information content (AvgIpc) is 2.89. The quantitative estimate of drug-likeness (QED) is 0.877. The standard InChI is InChI=1S/C13H18N6O/c1-18-11(9-20)16-17-12(18)10-3-7-19(8-4-10)13-14-5-2-6-15-13/h2,5-6,10,20H,3-4,7-9H2,1H3. The first-order valence-corrected chi connectivity index (χ1v) is 6.80. The maximum Gasteiger partial charge on any atom is 0.225 e. The molecule has 0 atom stereocenters. The molecule has 0 aromatic carbocycles. The van der Waals surface area contributed by atoms with E-state index in [1.54, 1.807) is 12.4 Å². The first-order chi connectivity index (χ1) is 9.79. The Kier molecular flexibility index (Phi) is 3.60. The molecule has 2 aromatic heterocycles. The van der Waals surface area contributed by atoms with Crippen molar-refractivity contribution >= 4 is 5.95 Å². The molecule has 1 saturated heterocycles. The van der Waals surface area contributed by atoms with Gasteiger partial charge < -0.3 is 14.6 Å². The fourth-order valence-electron chi connectivity index (χ4n) is 2.66. The zero-order valence-electron chi connectivity index (χ0n) is 11.5. The van der Waals surface area contributed by atoms with Crippen LogP contribution in [0.1, 0.15) is 30.4 Å². The molecular formula is C13H18N6O. The highest BCUT2D eigenvalue weighted by atomic mass is 16.3. The van der Waals surface area contributed by atoms with Crippen LogP contribution in [0.5, 0.6) is 0 Å². The van der Waals surface area contributed by atoms with Crippen LogP contribution >= 0.6 is 0 Å². The highest BCUT2D eigenvalue weighted by Crippen LogP contribution is 2.28. The Hall–Kier alpha value is -2.02. The van der Waals surface area contributed by atoms with Crippen molar-refractivity contribution in [2.75, 3.05) is 18.0 Å². The zero-order valence-corrected chi connectivity index (χ0v) is 11.5. The van der Waals surface area contributed by atoms with Gasteiger partial charge in [-0.2, -0.15) is 0 Å². The molecular weight excluding hydrogens is 256 g/mol. The van der Waals surface area contributed by atoms with Crippen LogP contribution in [-0.2, 0) is 13.7 Å². The van der Waals surface area contributed by atoms with Crippen molar-refractivity contribution in [2.24, 2.45) is 7.05 Å². The number of aliphatic hydroxyl groups excluding tert-OH is 1. The fourth-order valence-corrected chi connectivity index (χ4v) is 2.66. The summed E-state index contributed by atoms with van der Waals surface area (Å²) >= 11 is 0. The molecule has 2 aromatic rings. The van der Waals surface area contributed by atoms with Gasteiger partial charge in [-0.1, -0.05) is 0 Å². The molecule has 1 aliphatic rings. The van der Waals surface area contributed by atoms with Crippen LogP contribution in [0.2, 0.25) is 0 Å². The van der Waals surface area contributed by atoms with E-state index in [0.717, 1.165) is 37.7 Å². The van der Waals surface area contributed by atoms with Crippen molar-refractivity contribution in [3.63, 3.8) is 0 Å². The van der Waals surface area contributed by atoms with E-state index >= 15 is 0 Å².